The minimum absolute atomic E-state index is 0.0232. The van der Waals surface area contributed by atoms with Crippen molar-refractivity contribution < 1.29 is 17.7 Å². The normalized spacial score (nSPS) is 22.9. The van der Waals surface area contributed by atoms with E-state index in [0.717, 1.165) is 31.0 Å². The standard InChI is InChI=1S/C11H12BrFN2O4S/c12-7-3-1-5-9(7)14-20(18,19)10-6-2-4-8(13)11(10)15(16)17/h2,4,6-7,9,14H,1,3,5H2. The van der Waals surface area contributed by atoms with Gasteiger partial charge in [-0.2, -0.15) is 4.39 Å². The maximum atomic E-state index is 13.5. The second-order valence-corrected chi connectivity index (χ2v) is 7.38. The Morgan fingerprint density at radius 3 is 2.65 bits per heavy atom. The fraction of sp³-hybridized carbons (Fsp3) is 0.455. The van der Waals surface area contributed by atoms with Crippen LogP contribution in [0.15, 0.2) is 23.1 Å². The Balaban J connectivity index is 2.39. The summed E-state index contributed by atoms with van der Waals surface area (Å²) in [6.45, 7) is 0. The second-order valence-electron chi connectivity index (χ2n) is 4.52. The smallest absolute Gasteiger partial charge is 0.258 e. The number of rotatable bonds is 4. The number of hydrogen-bond donors (Lipinski definition) is 1. The van der Waals surface area contributed by atoms with Gasteiger partial charge in [-0.1, -0.05) is 28.4 Å². The molecule has 2 atom stereocenters. The van der Waals surface area contributed by atoms with E-state index in [2.05, 4.69) is 20.7 Å². The van der Waals surface area contributed by atoms with Crippen molar-refractivity contribution in [1.29, 1.82) is 0 Å². The number of halogens is 2. The molecule has 1 saturated carbocycles. The molecule has 0 amide bonds. The van der Waals surface area contributed by atoms with Crippen molar-refractivity contribution in [2.24, 2.45) is 0 Å². The molecule has 2 rings (SSSR count). The summed E-state index contributed by atoms with van der Waals surface area (Å²) < 4.78 is 40.3. The maximum absolute atomic E-state index is 13.5. The first-order chi connectivity index (χ1) is 9.33. The molecule has 0 bridgehead atoms. The van der Waals surface area contributed by atoms with E-state index in [4.69, 9.17) is 0 Å². The van der Waals surface area contributed by atoms with Crippen LogP contribution in [0.3, 0.4) is 0 Å². The summed E-state index contributed by atoms with van der Waals surface area (Å²) in [5.74, 6) is -1.17. The average molecular weight is 367 g/mol. The second kappa shape index (κ2) is 5.74. The molecular formula is C11H12BrFN2O4S. The topological polar surface area (TPSA) is 89.3 Å². The lowest BCUT2D eigenvalue weighted by Crippen LogP contribution is -2.37. The predicted octanol–water partition coefficient (Wildman–Crippen LogP) is 2.33. The van der Waals surface area contributed by atoms with Crippen molar-refractivity contribution in [3.05, 3.63) is 34.1 Å². The van der Waals surface area contributed by atoms with Gasteiger partial charge in [0.15, 0.2) is 4.90 Å². The molecule has 0 radical (unpaired) electrons. The monoisotopic (exact) mass is 366 g/mol. The number of para-hydroxylation sites is 1. The van der Waals surface area contributed by atoms with Crippen LogP contribution in [-0.4, -0.2) is 24.2 Å². The molecule has 1 aromatic rings. The van der Waals surface area contributed by atoms with Crippen LogP contribution in [-0.2, 0) is 10.0 Å². The van der Waals surface area contributed by atoms with Crippen LogP contribution in [0.5, 0.6) is 0 Å². The molecule has 110 valence electrons. The fourth-order valence-corrected chi connectivity index (χ4v) is 4.59. The van der Waals surface area contributed by atoms with Crippen molar-refractivity contribution in [2.45, 2.75) is 35.0 Å². The van der Waals surface area contributed by atoms with Gasteiger partial charge in [0.2, 0.25) is 15.8 Å². The van der Waals surface area contributed by atoms with Crippen LogP contribution >= 0.6 is 15.9 Å². The molecular weight excluding hydrogens is 355 g/mol. The third kappa shape index (κ3) is 2.99. The number of nitro benzene ring substituents is 1. The molecule has 1 aliphatic carbocycles. The van der Waals surface area contributed by atoms with Crippen LogP contribution in [0.2, 0.25) is 0 Å². The van der Waals surface area contributed by atoms with Crippen LogP contribution in [0.25, 0.3) is 0 Å². The zero-order valence-electron chi connectivity index (χ0n) is 10.3. The third-order valence-corrected chi connectivity index (χ3v) is 5.78. The van der Waals surface area contributed by atoms with E-state index in [0.29, 0.717) is 6.42 Å². The first-order valence-corrected chi connectivity index (χ1v) is 8.32. The Kier molecular flexibility index (Phi) is 4.40. The predicted molar refractivity (Wildman–Crippen MR) is 73.7 cm³/mol. The van der Waals surface area contributed by atoms with Gasteiger partial charge in [-0.15, -0.1) is 0 Å². The van der Waals surface area contributed by atoms with Gasteiger partial charge in [0.25, 0.3) is 0 Å². The molecule has 0 saturated heterocycles. The van der Waals surface area contributed by atoms with Gasteiger partial charge in [0, 0.05) is 10.9 Å². The minimum atomic E-state index is -4.14. The molecule has 9 heteroatoms. The van der Waals surface area contributed by atoms with Crippen LogP contribution < -0.4 is 4.72 Å². The molecule has 0 spiro atoms. The number of nitrogens with one attached hydrogen (secondary N) is 1. The Morgan fingerprint density at radius 1 is 1.40 bits per heavy atom. The van der Waals surface area contributed by atoms with Gasteiger partial charge in [0.05, 0.1) is 4.92 Å². The summed E-state index contributed by atoms with van der Waals surface area (Å²) in [5, 5.41) is 10.9. The van der Waals surface area contributed by atoms with E-state index < -0.39 is 31.3 Å². The lowest BCUT2D eigenvalue weighted by atomic mass is 10.3. The van der Waals surface area contributed by atoms with Crippen LogP contribution in [0.1, 0.15) is 19.3 Å². The lowest BCUT2D eigenvalue weighted by molar-refractivity contribution is -0.390. The van der Waals surface area contributed by atoms with E-state index in [1.807, 2.05) is 0 Å². The molecule has 0 aliphatic heterocycles. The Bertz CT molecular complexity index is 637. The fourth-order valence-electron chi connectivity index (χ4n) is 2.20. The average Bonchev–Trinajstić information content (AvgIpc) is 2.73. The Labute approximate surface area is 123 Å². The minimum Gasteiger partial charge on any atom is -0.258 e. The van der Waals surface area contributed by atoms with Crippen molar-refractivity contribution in [3.63, 3.8) is 0 Å². The SMILES string of the molecule is O=[N+]([O-])c1c(F)cccc1S(=O)(=O)NC1CCCC1Br. The molecule has 1 N–H and O–H groups in total. The number of nitro groups is 1. The number of alkyl halides is 1. The number of hydrogen-bond acceptors (Lipinski definition) is 4. The van der Waals surface area contributed by atoms with E-state index in [1.54, 1.807) is 0 Å². The summed E-state index contributed by atoms with van der Waals surface area (Å²) >= 11 is 3.36. The number of sulfonamides is 1. The van der Waals surface area contributed by atoms with Crippen molar-refractivity contribution in [2.75, 3.05) is 0 Å². The van der Waals surface area contributed by atoms with Gasteiger partial charge in [-0.25, -0.2) is 13.1 Å². The highest BCUT2D eigenvalue weighted by molar-refractivity contribution is 9.09. The maximum Gasteiger partial charge on any atom is 0.324 e. The molecule has 2 unspecified atom stereocenters. The van der Waals surface area contributed by atoms with Gasteiger partial charge < -0.3 is 0 Å². The quantitative estimate of drug-likeness (QED) is 0.503. The van der Waals surface area contributed by atoms with Crippen molar-refractivity contribution >= 4 is 31.6 Å². The Hall–Kier alpha value is -1.06. The number of benzene rings is 1. The van der Waals surface area contributed by atoms with Crippen LogP contribution in [0.4, 0.5) is 10.1 Å². The van der Waals surface area contributed by atoms with Gasteiger partial charge in [0.1, 0.15) is 0 Å². The largest absolute Gasteiger partial charge is 0.324 e. The Morgan fingerprint density at radius 2 is 2.10 bits per heavy atom. The summed E-state index contributed by atoms with van der Waals surface area (Å²) in [6, 6.07) is 2.68. The van der Waals surface area contributed by atoms with Gasteiger partial charge in [-0.05, 0) is 25.0 Å². The molecule has 1 aromatic carbocycles. The molecule has 0 aromatic heterocycles. The van der Waals surface area contributed by atoms with E-state index in [9.17, 15) is 22.9 Å². The highest BCUT2D eigenvalue weighted by Gasteiger charge is 2.34. The zero-order valence-corrected chi connectivity index (χ0v) is 12.7. The molecule has 20 heavy (non-hydrogen) atoms. The summed E-state index contributed by atoms with van der Waals surface area (Å²) in [6.07, 6.45) is 2.31. The van der Waals surface area contributed by atoms with Gasteiger partial charge in [-0.3, -0.25) is 10.1 Å². The first-order valence-electron chi connectivity index (χ1n) is 5.92. The van der Waals surface area contributed by atoms with E-state index >= 15 is 0 Å². The van der Waals surface area contributed by atoms with E-state index in [-0.39, 0.29) is 10.9 Å². The molecule has 1 fully saturated rings. The molecule has 6 nitrogen and oxygen atoms in total. The molecule has 1 aliphatic rings. The first kappa shape index (κ1) is 15.3. The van der Waals surface area contributed by atoms with Gasteiger partial charge >= 0.3 is 5.69 Å². The zero-order chi connectivity index (χ0) is 14.9. The third-order valence-electron chi connectivity index (χ3n) is 3.16. The summed E-state index contributed by atoms with van der Waals surface area (Å²) in [5.41, 5.74) is -1.02. The highest BCUT2D eigenvalue weighted by Crippen LogP contribution is 2.30. The summed E-state index contributed by atoms with van der Waals surface area (Å²) in [4.78, 5) is 9.16. The van der Waals surface area contributed by atoms with Crippen LogP contribution in [0, 0.1) is 15.9 Å². The number of nitrogens with zero attached hydrogens (tertiary/aromatic N) is 1. The summed E-state index contributed by atoms with van der Waals surface area (Å²) in [7, 11) is -4.14. The molecule has 0 heterocycles. The lowest BCUT2D eigenvalue weighted by Gasteiger charge is -2.16. The highest BCUT2D eigenvalue weighted by atomic mass is 79.9. The van der Waals surface area contributed by atoms with Crippen molar-refractivity contribution in [1.82, 2.24) is 4.72 Å². The van der Waals surface area contributed by atoms with Crippen molar-refractivity contribution in [3.8, 4) is 0 Å². The van der Waals surface area contributed by atoms with E-state index in [1.165, 1.54) is 0 Å².